The third-order valence-corrected chi connectivity index (χ3v) is 9.84. The highest BCUT2D eigenvalue weighted by atomic mass is 28.4. The average Bonchev–Trinajstić information content (AvgIpc) is 2.56. The molecule has 6 heteroatoms. The number of hydrogen-bond donors (Lipinski definition) is 2. The van der Waals surface area contributed by atoms with Crippen LogP contribution in [-0.2, 0) is 9.22 Å². The highest BCUT2D eigenvalue weighted by Crippen LogP contribution is 2.37. The molecule has 0 saturated carbocycles. The van der Waals surface area contributed by atoms with Gasteiger partial charge in [-0.3, -0.25) is 0 Å². The average molecular weight is 394 g/mol. The lowest BCUT2D eigenvalue weighted by molar-refractivity contribution is -0.131. The summed E-state index contributed by atoms with van der Waals surface area (Å²) in [6, 6.07) is 7.49. The SMILES string of the molecule is COc1ccc(N[C@H](C(C)=CC(=O)O)[C@@H](C)CO[Si](C)(C)C(C)(C)C)cc1. The minimum atomic E-state index is -1.86. The van der Waals surface area contributed by atoms with E-state index in [-0.39, 0.29) is 17.0 Å². The van der Waals surface area contributed by atoms with Gasteiger partial charge in [-0.1, -0.05) is 27.7 Å². The predicted octanol–water partition coefficient (Wildman–Crippen LogP) is 5.16. The first-order chi connectivity index (χ1) is 12.4. The summed E-state index contributed by atoms with van der Waals surface area (Å²) in [7, 11) is -0.235. The van der Waals surface area contributed by atoms with E-state index in [1.54, 1.807) is 7.11 Å². The fourth-order valence-electron chi connectivity index (χ4n) is 2.51. The molecule has 2 N–H and O–H groups in total. The van der Waals surface area contributed by atoms with Crippen LogP contribution in [0.5, 0.6) is 5.75 Å². The number of hydrogen-bond acceptors (Lipinski definition) is 4. The number of anilines is 1. The molecular formula is C21H35NO4Si. The first-order valence-electron chi connectivity index (χ1n) is 9.33. The van der Waals surface area contributed by atoms with E-state index in [0.29, 0.717) is 6.61 Å². The van der Waals surface area contributed by atoms with Gasteiger partial charge in [0.25, 0.3) is 0 Å². The van der Waals surface area contributed by atoms with Gasteiger partial charge in [-0.2, -0.15) is 0 Å². The molecule has 0 unspecified atom stereocenters. The van der Waals surface area contributed by atoms with Crippen LogP contribution in [-0.4, -0.2) is 39.2 Å². The van der Waals surface area contributed by atoms with Crippen LogP contribution >= 0.6 is 0 Å². The quantitative estimate of drug-likeness (QED) is 0.448. The molecule has 0 aliphatic heterocycles. The topological polar surface area (TPSA) is 67.8 Å². The van der Waals surface area contributed by atoms with Crippen LogP contribution in [0.25, 0.3) is 0 Å². The highest BCUT2D eigenvalue weighted by molar-refractivity contribution is 6.74. The molecule has 1 aromatic carbocycles. The normalized spacial score (nSPS) is 15.2. The summed E-state index contributed by atoms with van der Waals surface area (Å²) in [6.07, 6.45) is 1.27. The van der Waals surface area contributed by atoms with Crippen LogP contribution in [0, 0.1) is 5.92 Å². The van der Waals surface area contributed by atoms with E-state index in [2.05, 4.69) is 46.1 Å². The Morgan fingerprint density at radius 2 is 1.81 bits per heavy atom. The van der Waals surface area contributed by atoms with Gasteiger partial charge >= 0.3 is 5.97 Å². The fourth-order valence-corrected chi connectivity index (χ4v) is 3.62. The summed E-state index contributed by atoms with van der Waals surface area (Å²) in [6.45, 7) is 15.6. The number of aliphatic carboxylic acids is 1. The molecule has 0 heterocycles. The first kappa shape index (κ1) is 23.2. The number of benzene rings is 1. The summed E-state index contributed by atoms with van der Waals surface area (Å²) in [4.78, 5) is 11.2. The molecule has 0 fully saturated rings. The fraction of sp³-hybridized carbons (Fsp3) is 0.571. The lowest BCUT2D eigenvalue weighted by atomic mass is 9.95. The summed E-state index contributed by atoms with van der Waals surface area (Å²) >= 11 is 0. The van der Waals surface area contributed by atoms with E-state index >= 15 is 0 Å². The Bertz CT molecular complexity index is 647. The third kappa shape index (κ3) is 7.03. The van der Waals surface area contributed by atoms with E-state index in [4.69, 9.17) is 14.3 Å². The van der Waals surface area contributed by atoms with E-state index in [9.17, 15) is 4.79 Å². The molecule has 2 atom stereocenters. The molecule has 27 heavy (non-hydrogen) atoms. The maximum Gasteiger partial charge on any atom is 0.328 e. The second-order valence-corrected chi connectivity index (χ2v) is 13.4. The molecule has 0 aliphatic carbocycles. The Morgan fingerprint density at radius 1 is 1.26 bits per heavy atom. The van der Waals surface area contributed by atoms with Gasteiger partial charge < -0.3 is 19.6 Å². The van der Waals surface area contributed by atoms with Crippen LogP contribution in [0.3, 0.4) is 0 Å². The largest absolute Gasteiger partial charge is 0.497 e. The van der Waals surface area contributed by atoms with Crippen molar-refractivity contribution in [2.24, 2.45) is 5.92 Å². The van der Waals surface area contributed by atoms with Crippen LogP contribution in [0.4, 0.5) is 5.69 Å². The lowest BCUT2D eigenvalue weighted by Gasteiger charge is -2.38. The third-order valence-electron chi connectivity index (χ3n) is 5.34. The Labute approximate surface area is 164 Å². The molecule has 5 nitrogen and oxygen atoms in total. The molecule has 0 aromatic heterocycles. The zero-order chi connectivity index (χ0) is 20.8. The number of ether oxygens (including phenoxy) is 1. The van der Waals surface area contributed by atoms with Gasteiger partial charge in [-0.05, 0) is 54.9 Å². The second kappa shape index (κ2) is 9.42. The van der Waals surface area contributed by atoms with E-state index in [0.717, 1.165) is 17.0 Å². The van der Waals surface area contributed by atoms with E-state index < -0.39 is 14.3 Å². The number of carboxylic acids is 1. The highest BCUT2D eigenvalue weighted by Gasteiger charge is 2.37. The van der Waals surface area contributed by atoms with Crippen LogP contribution in [0.15, 0.2) is 35.9 Å². The number of rotatable bonds is 9. The number of methoxy groups -OCH3 is 1. The van der Waals surface area contributed by atoms with Gasteiger partial charge in [-0.15, -0.1) is 0 Å². The molecule has 1 rings (SSSR count). The summed E-state index contributed by atoms with van der Waals surface area (Å²) in [5, 5.41) is 12.8. The lowest BCUT2D eigenvalue weighted by Crippen LogP contribution is -2.43. The molecule has 0 aliphatic rings. The van der Waals surface area contributed by atoms with E-state index in [1.807, 2.05) is 31.2 Å². The first-order valence-corrected chi connectivity index (χ1v) is 12.2. The minimum Gasteiger partial charge on any atom is -0.497 e. The number of nitrogens with one attached hydrogen (secondary N) is 1. The van der Waals surface area contributed by atoms with Crippen molar-refractivity contribution < 1.29 is 19.1 Å². The van der Waals surface area contributed by atoms with Crippen LogP contribution in [0.2, 0.25) is 18.1 Å². The van der Waals surface area contributed by atoms with Gasteiger partial charge in [0.15, 0.2) is 8.32 Å². The van der Waals surface area contributed by atoms with E-state index in [1.165, 1.54) is 6.08 Å². The zero-order valence-electron chi connectivity index (χ0n) is 17.9. The molecule has 152 valence electrons. The molecule has 0 saturated heterocycles. The van der Waals surface area contributed by atoms with Crippen molar-refractivity contribution in [3.8, 4) is 5.75 Å². The second-order valence-electron chi connectivity index (χ2n) is 8.63. The van der Waals surface area contributed by atoms with Crippen molar-refractivity contribution >= 4 is 20.0 Å². The van der Waals surface area contributed by atoms with Crippen LogP contribution < -0.4 is 10.1 Å². The Hall–Kier alpha value is -1.79. The summed E-state index contributed by atoms with van der Waals surface area (Å²) in [5.74, 6) is -0.0485. The maximum atomic E-state index is 11.2. The van der Waals surface area contributed by atoms with Gasteiger partial charge in [0, 0.05) is 24.3 Å². The van der Waals surface area contributed by atoms with Crippen molar-refractivity contribution in [3.05, 3.63) is 35.9 Å². The van der Waals surface area contributed by atoms with Crippen molar-refractivity contribution in [1.29, 1.82) is 0 Å². The minimum absolute atomic E-state index is 0.108. The smallest absolute Gasteiger partial charge is 0.328 e. The Balaban J connectivity index is 2.98. The molecular weight excluding hydrogens is 358 g/mol. The standard InChI is InChI=1S/C21H35NO4Si/c1-15(13-19(23)24)20(22-17-9-11-18(25-6)12-10-17)16(2)14-26-27(7,8)21(3,4)5/h9-13,16,20,22H,14H2,1-8H3,(H,23,24)/t16-,20+/m0/s1. The predicted molar refractivity (Wildman–Crippen MR) is 114 cm³/mol. The van der Waals surface area contributed by atoms with Gasteiger partial charge in [-0.25, -0.2) is 4.79 Å². The molecule has 0 bridgehead atoms. The zero-order valence-corrected chi connectivity index (χ0v) is 18.9. The van der Waals surface area contributed by atoms with Gasteiger partial charge in [0.1, 0.15) is 5.75 Å². The maximum absolute atomic E-state index is 11.2. The van der Waals surface area contributed by atoms with Crippen molar-refractivity contribution in [1.82, 2.24) is 0 Å². The Kier molecular flexibility index (Phi) is 8.11. The number of carbonyl (C=O) groups is 1. The number of carboxylic acid groups (broad SMARTS) is 1. The summed E-state index contributed by atoms with van der Waals surface area (Å²) < 4.78 is 11.6. The Morgan fingerprint density at radius 3 is 2.26 bits per heavy atom. The van der Waals surface area contributed by atoms with Gasteiger partial charge in [0.2, 0.25) is 0 Å². The monoisotopic (exact) mass is 393 g/mol. The van der Waals surface area contributed by atoms with Crippen molar-refractivity contribution in [2.45, 2.75) is 58.8 Å². The molecule has 0 amide bonds. The van der Waals surface area contributed by atoms with Crippen LogP contribution in [0.1, 0.15) is 34.6 Å². The van der Waals surface area contributed by atoms with Gasteiger partial charge in [0.05, 0.1) is 13.2 Å². The van der Waals surface area contributed by atoms with Crippen molar-refractivity contribution in [3.63, 3.8) is 0 Å². The molecule has 0 spiro atoms. The molecule has 0 radical (unpaired) electrons. The molecule has 1 aromatic rings. The summed E-state index contributed by atoms with van der Waals surface area (Å²) in [5.41, 5.74) is 1.68. The van der Waals surface area contributed by atoms with Crippen molar-refractivity contribution in [2.75, 3.05) is 19.0 Å².